The van der Waals surface area contributed by atoms with Crippen LogP contribution in [0.5, 0.6) is 0 Å². The number of pyridine rings is 1. The van der Waals surface area contributed by atoms with Crippen molar-refractivity contribution in [1.82, 2.24) is 4.98 Å². The quantitative estimate of drug-likeness (QED) is 0.743. The molecule has 3 nitrogen and oxygen atoms in total. The highest BCUT2D eigenvalue weighted by Crippen LogP contribution is 2.30. The predicted molar refractivity (Wildman–Crippen MR) is 68.7 cm³/mol. The van der Waals surface area contributed by atoms with Crippen molar-refractivity contribution in [3.63, 3.8) is 0 Å². The number of nitriles is 1. The molecule has 0 aromatic carbocycles. The predicted octanol–water partition coefficient (Wildman–Crippen LogP) is 2.82. The van der Waals surface area contributed by atoms with Crippen molar-refractivity contribution in [2.75, 3.05) is 11.4 Å². The van der Waals surface area contributed by atoms with Gasteiger partial charge in [0, 0.05) is 18.8 Å². The highest BCUT2D eigenvalue weighted by molar-refractivity contribution is 5.46. The first kappa shape index (κ1) is 11.9. The molecule has 2 rings (SSSR count). The second-order valence-electron chi connectivity index (χ2n) is 5.23. The number of aromatic nitrogens is 1. The van der Waals surface area contributed by atoms with Gasteiger partial charge in [0.2, 0.25) is 0 Å². The zero-order valence-electron chi connectivity index (χ0n) is 10.7. The summed E-state index contributed by atoms with van der Waals surface area (Å²) in [7, 11) is 0. The van der Waals surface area contributed by atoms with E-state index in [0.29, 0.717) is 23.4 Å². The number of nitrogens with zero attached hydrogens (tertiary/aromatic N) is 3. The summed E-state index contributed by atoms with van der Waals surface area (Å²) in [5.74, 6) is 2.30. The first-order valence-corrected chi connectivity index (χ1v) is 6.24. The average Bonchev–Trinajstić information content (AvgIpc) is 2.34. The summed E-state index contributed by atoms with van der Waals surface area (Å²) in [6.07, 6.45) is 3.00. The van der Waals surface area contributed by atoms with Crippen LogP contribution in [0.1, 0.15) is 32.8 Å². The van der Waals surface area contributed by atoms with Gasteiger partial charge in [-0.1, -0.05) is 13.8 Å². The van der Waals surface area contributed by atoms with Crippen LogP contribution < -0.4 is 4.90 Å². The Balaban J connectivity index is 2.28. The van der Waals surface area contributed by atoms with Gasteiger partial charge in [0.25, 0.3) is 0 Å². The van der Waals surface area contributed by atoms with Crippen molar-refractivity contribution in [2.45, 2.75) is 33.2 Å². The van der Waals surface area contributed by atoms with Crippen LogP contribution >= 0.6 is 0 Å². The maximum Gasteiger partial charge on any atom is 0.130 e. The molecule has 3 atom stereocenters. The first-order chi connectivity index (χ1) is 8.11. The molecule has 0 spiro atoms. The summed E-state index contributed by atoms with van der Waals surface area (Å²) in [6, 6.07) is 6.32. The van der Waals surface area contributed by atoms with E-state index in [1.165, 1.54) is 6.42 Å². The Morgan fingerprint density at radius 3 is 2.88 bits per heavy atom. The zero-order chi connectivity index (χ0) is 12.4. The van der Waals surface area contributed by atoms with Crippen LogP contribution in [0.15, 0.2) is 18.3 Å². The summed E-state index contributed by atoms with van der Waals surface area (Å²) >= 11 is 0. The SMILES string of the molecule is CC1CC(C)C(C)N(c2cc(C#N)ccn2)C1. The molecular weight excluding hydrogens is 210 g/mol. The zero-order valence-corrected chi connectivity index (χ0v) is 10.7. The van der Waals surface area contributed by atoms with Crippen LogP contribution in [0.25, 0.3) is 0 Å². The van der Waals surface area contributed by atoms with E-state index >= 15 is 0 Å². The number of anilines is 1. The van der Waals surface area contributed by atoms with Crippen LogP contribution in [-0.2, 0) is 0 Å². The van der Waals surface area contributed by atoms with Gasteiger partial charge in [-0.15, -0.1) is 0 Å². The summed E-state index contributed by atoms with van der Waals surface area (Å²) in [6.45, 7) is 7.86. The largest absolute Gasteiger partial charge is 0.353 e. The number of piperidine rings is 1. The third-order valence-corrected chi connectivity index (χ3v) is 3.77. The fourth-order valence-corrected chi connectivity index (χ4v) is 2.66. The Hall–Kier alpha value is -1.56. The number of rotatable bonds is 1. The Bertz CT molecular complexity index is 435. The van der Waals surface area contributed by atoms with Gasteiger partial charge in [-0.05, 0) is 37.3 Å². The van der Waals surface area contributed by atoms with E-state index < -0.39 is 0 Å². The smallest absolute Gasteiger partial charge is 0.130 e. The van der Waals surface area contributed by atoms with Crippen molar-refractivity contribution < 1.29 is 0 Å². The van der Waals surface area contributed by atoms with Crippen LogP contribution in [0.4, 0.5) is 5.82 Å². The molecular formula is C14H19N3. The molecule has 1 fully saturated rings. The molecule has 0 amide bonds. The van der Waals surface area contributed by atoms with Crippen LogP contribution in [-0.4, -0.2) is 17.6 Å². The molecule has 1 aromatic rings. The molecule has 1 aromatic heterocycles. The molecule has 3 heteroatoms. The molecule has 0 radical (unpaired) electrons. The average molecular weight is 229 g/mol. The van der Waals surface area contributed by atoms with Crippen molar-refractivity contribution in [1.29, 1.82) is 5.26 Å². The Morgan fingerprint density at radius 1 is 1.41 bits per heavy atom. The Kier molecular flexibility index (Phi) is 3.33. The second kappa shape index (κ2) is 4.75. The molecule has 1 saturated heterocycles. The van der Waals surface area contributed by atoms with Crippen LogP contribution in [0.2, 0.25) is 0 Å². The lowest BCUT2D eigenvalue weighted by Crippen LogP contribution is -2.46. The summed E-state index contributed by atoms with van der Waals surface area (Å²) in [5, 5.41) is 8.93. The van der Waals surface area contributed by atoms with Gasteiger partial charge < -0.3 is 4.90 Å². The third kappa shape index (κ3) is 2.41. The molecule has 90 valence electrons. The molecule has 2 heterocycles. The lowest BCUT2D eigenvalue weighted by atomic mass is 9.86. The number of hydrogen-bond acceptors (Lipinski definition) is 3. The number of hydrogen-bond donors (Lipinski definition) is 0. The van der Waals surface area contributed by atoms with E-state index in [1.807, 2.05) is 6.07 Å². The summed E-state index contributed by atoms with van der Waals surface area (Å²) < 4.78 is 0. The van der Waals surface area contributed by atoms with E-state index in [0.717, 1.165) is 12.4 Å². The van der Waals surface area contributed by atoms with E-state index in [1.54, 1.807) is 12.3 Å². The molecule has 0 N–H and O–H groups in total. The highest BCUT2D eigenvalue weighted by Gasteiger charge is 2.29. The van der Waals surface area contributed by atoms with Gasteiger partial charge in [0.05, 0.1) is 11.6 Å². The minimum Gasteiger partial charge on any atom is -0.353 e. The Labute approximate surface area is 103 Å². The third-order valence-electron chi connectivity index (χ3n) is 3.77. The normalized spacial score (nSPS) is 28.8. The summed E-state index contributed by atoms with van der Waals surface area (Å²) in [4.78, 5) is 6.74. The molecule has 0 saturated carbocycles. The monoisotopic (exact) mass is 229 g/mol. The highest BCUT2D eigenvalue weighted by atomic mass is 15.2. The van der Waals surface area contributed by atoms with Gasteiger partial charge in [-0.3, -0.25) is 0 Å². The van der Waals surface area contributed by atoms with Crippen molar-refractivity contribution in [3.05, 3.63) is 23.9 Å². The molecule has 17 heavy (non-hydrogen) atoms. The lowest BCUT2D eigenvalue weighted by Gasteiger charge is -2.41. The lowest BCUT2D eigenvalue weighted by molar-refractivity contribution is 0.295. The molecule has 1 aliphatic heterocycles. The van der Waals surface area contributed by atoms with Gasteiger partial charge in [-0.25, -0.2) is 4.98 Å². The maximum absolute atomic E-state index is 8.93. The van der Waals surface area contributed by atoms with Gasteiger partial charge in [-0.2, -0.15) is 5.26 Å². The van der Waals surface area contributed by atoms with Crippen LogP contribution in [0.3, 0.4) is 0 Å². The minimum atomic E-state index is 0.493. The van der Waals surface area contributed by atoms with Gasteiger partial charge >= 0.3 is 0 Å². The van der Waals surface area contributed by atoms with E-state index in [-0.39, 0.29) is 0 Å². The summed E-state index contributed by atoms with van der Waals surface area (Å²) in [5.41, 5.74) is 0.688. The molecule has 0 aliphatic carbocycles. The minimum absolute atomic E-state index is 0.493. The standard InChI is InChI=1S/C14H19N3/c1-10-6-11(2)12(3)17(9-10)14-7-13(8-15)4-5-16-14/h4-5,7,10-12H,6,9H2,1-3H3. The fraction of sp³-hybridized carbons (Fsp3) is 0.571. The fourth-order valence-electron chi connectivity index (χ4n) is 2.66. The van der Waals surface area contributed by atoms with Gasteiger partial charge in [0.1, 0.15) is 5.82 Å². The Morgan fingerprint density at radius 2 is 2.18 bits per heavy atom. The maximum atomic E-state index is 8.93. The molecule has 1 aliphatic rings. The second-order valence-corrected chi connectivity index (χ2v) is 5.23. The first-order valence-electron chi connectivity index (χ1n) is 6.24. The van der Waals surface area contributed by atoms with Crippen molar-refractivity contribution >= 4 is 5.82 Å². The van der Waals surface area contributed by atoms with Crippen molar-refractivity contribution in [2.24, 2.45) is 11.8 Å². The van der Waals surface area contributed by atoms with Crippen molar-refractivity contribution in [3.8, 4) is 6.07 Å². The van der Waals surface area contributed by atoms with E-state index in [9.17, 15) is 0 Å². The van der Waals surface area contributed by atoms with E-state index in [2.05, 4.69) is 36.7 Å². The molecule has 0 bridgehead atoms. The van der Waals surface area contributed by atoms with Gasteiger partial charge in [0.15, 0.2) is 0 Å². The van der Waals surface area contributed by atoms with Crippen LogP contribution in [0, 0.1) is 23.2 Å². The molecule has 3 unspecified atom stereocenters. The topological polar surface area (TPSA) is 39.9 Å². The van der Waals surface area contributed by atoms with E-state index in [4.69, 9.17) is 5.26 Å².